The molecule has 0 aliphatic rings. The van der Waals surface area contributed by atoms with Gasteiger partial charge in [-0.1, -0.05) is 121 Å². The molecule has 0 saturated heterocycles. The summed E-state index contributed by atoms with van der Waals surface area (Å²) >= 11 is 0. The second-order valence-corrected chi connectivity index (χ2v) is 10.9. The Morgan fingerprint density at radius 3 is 1.85 bits per heavy atom. The number of hydrogen-bond acceptors (Lipinski definition) is 2. The van der Waals surface area contributed by atoms with E-state index in [0.717, 1.165) is 21.9 Å². The van der Waals surface area contributed by atoms with Crippen LogP contribution in [0.1, 0.15) is 20.6 Å². The first-order chi connectivity index (χ1) is 29.1. The molecule has 2 heterocycles. The fourth-order valence-corrected chi connectivity index (χ4v) is 6.45. The molecular weight excluding hydrogens is 560 g/mol. The summed E-state index contributed by atoms with van der Waals surface area (Å²) in [4.78, 5) is 0. The van der Waals surface area contributed by atoms with Crippen molar-refractivity contribution in [2.24, 2.45) is 0 Å². The zero-order valence-electron chi connectivity index (χ0n) is 38.7. The summed E-state index contributed by atoms with van der Waals surface area (Å²) in [5.41, 5.74) is 2.56. The van der Waals surface area contributed by atoms with Crippen LogP contribution >= 0.6 is 0 Å². The van der Waals surface area contributed by atoms with E-state index in [1.54, 1.807) is 36.6 Å². The third-order valence-electron chi connectivity index (χ3n) is 8.42. The highest BCUT2D eigenvalue weighted by Gasteiger charge is 2.20. The molecule has 0 aliphatic carbocycles. The van der Waals surface area contributed by atoms with Gasteiger partial charge in [-0.15, -0.1) is 0 Å². The van der Waals surface area contributed by atoms with Gasteiger partial charge in [-0.2, -0.15) is 0 Å². The normalized spacial score (nSPS) is 16.5. The van der Waals surface area contributed by atoms with E-state index in [-0.39, 0.29) is 38.2 Å². The Bertz CT molecular complexity index is 3570. The Hall–Kier alpha value is -6.12. The van der Waals surface area contributed by atoms with E-state index in [1.165, 1.54) is 0 Å². The summed E-state index contributed by atoms with van der Waals surface area (Å²) in [6.07, 6.45) is 1.67. The minimum atomic E-state index is -0.748. The molecule has 0 bridgehead atoms. The minimum absolute atomic E-state index is 0.0135. The van der Waals surface area contributed by atoms with E-state index in [4.69, 9.17) is 21.2 Å². The summed E-state index contributed by atoms with van der Waals surface area (Å²) in [7, 11) is 0. The molecule has 0 atom stereocenters. The fourth-order valence-electron chi connectivity index (χ4n) is 6.45. The van der Waals surface area contributed by atoms with Crippen LogP contribution in [0.3, 0.4) is 0 Å². The van der Waals surface area contributed by atoms with E-state index in [9.17, 15) is 8.22 Å². The van der Waals surface area contributed by atoms with Crippen LogP contribution in [0.4, 0.5) is 0 Å². The van der Waals surface area contributed by atoms with E-state index < -0.39 is 107 Å². The van der Waals surface area contributed by atoms with Gasteiger partial charge in [0.1, 0.15) is 16.7 Å². The highest BCUT2D eigenvalue weighted by Crippen LogP contribution is 2.46. The third-order valence-corrected chi connectivity index (χ3v) is 8.42. The van der Waals surface area contributed by atoms with Crippen molar-refractivity contribution < 1.29 is 29.4 Å². The summed E-state index contributed by atoms with van der Waals surface area (Å²) in [6.45, 7) is 0. The molecule has 0 amide bonds. The SMILES string of the molecule is [2H]c1c([2H])c([2H])c2c([2H])c(-c3c4c([2H])c([2H])c([2H])c([2H])c4c(-c4ccc5c(c4)oc4ccc6occ(-c7ccccc7)c6c45)c4c([2H])c([2H])c([2H])c([2H])c34)c([2H])c([2H])c2c1[2H]. The van der Waals surface area contributed by atoms with Gasteiger partial charge in [-0.3, -0.25) is 0 Å². The third kappa shape index (κ3) is 3.65. The van der Waals surface area contributed by atoms with Crippen molar-refractivity contribution in [3.05, 3.63) is 158 Å². The molecular formula is C44H26O2. The zero-order valence-corrected chi connectivity index (χ0v) is 23.7. The Morgan fingerprint density at radius 1 is 0.457 bits per heavy atom. The Kier molecular flexibility index (Phi) is 3.11. The fraction of sp³-hybridized carbons (Fsp3) is 0. The predicted octanol–water partition coefficient (Wildman–Crippen LogP) is 12.8. The molecule has 0 saturated carbocycles. The molecule has 214 valence electrons. The van der Waals surface area contributed by atoms with Crippen LogP contribution in [0.15, 0.2) is 166 Å². The first-order valence-corrected chi connectivity index (χ1v) is 14.4. The monoisotopic (exact) mass is 601 g/mol. The van der Waals surface area contributed by atoms with Crippen molar-refractivity contribution in [2.75, 3.05) is 0 Å². The van der Waals surface area contributed by atoms with Crippen LogP contribution in [0.25, 0.3) is 98.6 Å². The standard InChI is InChI=1S/C44H26O2/c1-2-11-28(12-3-1)37-26-45-38-22-23-39-43(44(37)38)36-21-20-31(25-40(36)46-39)42-34-16-8-6-14-32(34)41(33-15-7-9-17-35(33)42)30-19-18-27-10-4-5-13-29(27)24-30/h1-26H/i4D,5D,6D,7D,8D,9D,10D,13D,14D,15D,16D,17D,18D,19D,24D. The highest BCUT2D eigenvalue weighted by molar-refractivity contribution is 6.24. The lowest BCUT2D eigenvalue weighted by Gasteiger charge is -2.18. The van der Waals surface area contributed by atoms with Gasteiger partial charge in [0.25, 0.3) is 0 Å². The largest absolute Gasteiger partial charge is 0.464 e. The maximum Gasteiger partial charge on any atom is 0.136 e. The maximum atomic E-state index is 9.43. The van der Waals surface area contributed by atoms with Crippen molar-refractivity contribution in [3.63, 3.8) is 0 Å². The molecule has 0 aliphatic heterocycles. The number of fused-ring (bicyclic) bond motifs is 8. The average Bonchev–Trinajstić information content (AvgIpc) is 3.86. The number of benzene rings is 8. The average molecular weight is 602 g/mol. The van der Waals surface area contributed by atoms with Crippen LogP contribution in [0.2, 0.25) is 0 Å². The topological polar surface area (TPSA) is 26.3 Å². The lowest BCUT2D eigenvalue weighted by atomic mass is 9.85. The molecule has 0 fully saturated rings. The minimum Gasteiger partial charge on any atom is -0.464 e. The molecule has 2 aromatic heterocycles. The zero-order chi connectivity index (χ0) is 43.2. The van der Waals surface area contributed by atoms with Crippen molar-refractivity contribution in [2.45, 2.75) is 0 Å². The number of hydrogen-bond donors (Lipinski definition) is 0. The number of rotatable bonds is 3. The van der Waals surface area contributed by atoms with Crippen molar-refractivity contribution in [1.29, 1.82) is 0 Å². The van der Waals surface area contributed by atoms with Gasteiger partial charge in [0.05, 0.1) is 26.8 Å². The van der Waals surface area contributed by atoms with Crippen LogP contribution in [0.5, 0.6) is 0 Å². The molecule has 0 N–H and O–H groups in total. The smallest absolute Gasteiger partial charge is 0.136 e. The molecule has 0 spiro atoms. The van der Waals surface area contributed by atoms with Crippen LogP contribution in [-0.4, -0.2) is 0 Å². The molecule has 2 heteroatoms. The predicted molar refractivity (Wildman–Crippen MR) is 192 cm³/mol. The first-order valence-electron chi connectivity index (χ1n) is 21.9. The Balaban J connectivity index is 1.41. The van der Waals surface area contributed by atoms with E-state index in [0.29, 0.717) is 22.1 Å². The molecule has 2 nitrogen and oxygen atoms in total. The van der Waals surface area contributed by atoms with Crippen molar-refractivity contribution in [3.8, 4) is 33.4 Å². The van der Waals surface area contributed by atoms with Crippen LogP contribution in [-0.2, 0) is 0 Å². The molecule has 46 heavy (non-hydrogen) atoms. The summed E-state index contributed by atoms with van der Waals surface area (Å²) in [5, 5.41) is 0.286. The van der Waals surface area contributed by atoms with Crippen molar-refractivity contribution >= 4 is 65.2 Å². The molecule has 10 aromatic rings. The summed E-state index contributed by atoms with van der Waals surface area (Å²) < 4.78 is 146. The second kappa shape index (κ2) is 9.69. The van der Waals surface area contributed by atoms with Crippen LogP contribution < -0.4 is 0 Å². The summed E-state index contributed by atoms with van der Waals surface area (Å²) in [6, 6.07) is 8.08. The van der Waals surface area contributed by atoms with Gasteiger partial charge >= 0.3 is 0 Å². The molecule has 10 rings (SSSR count). The highest BCUT2D eigenvalue weighted by atomic mass is 16.3. The number of furan rings is 2. The lowest BCUT2D eigenvalue weighted by Crippen LogP contribution is -1.91. The quantitative estimate of drug-likeness (QED) is 0.188. The van der Waals surface area contributed by atoms with Gasteiger partial charge in [0.2, 0.25) is 0 Å². The van der Waals surface area contributed by atoms with Gasteiger partial charge in [-0.25, -0.2) is 0 Å². The van der Waals surface area contributed by atoms with E-state index >= 15 is 0 Å². The molecule has 8 aromatic carbocycles. The van der Waals surface area contributed by atoms with E-state index in [2.05, 4.69) is 0 Å². The lowest BCUT2D eigenvalue weighted by molar-refractivity contribution is 0.616. The summed E-state index contributed by atoms with van der Waals surface area (Å²) in [5.74, 6) is 0. The first kappa shape index (κ1) is 14.8. The van der Waals surface area contributed by atoms with Crippen molar-refractivity contribution in [1.82, 2.24) is 0 Å². The second-order valence-electron chi connectivity index (χ2n) is 10.9. The van der Waals surface area contributed by atoms with Gasteiger partial charge in [0.15, 0.2) is 0 Å². The Labute approximate surface area is 285 Å². The van der Waals surface area contributed by atoms with Crippen LogP contribution in [0, 0.1) is 0 Å². The maximum absolute atomic E-state index is 9.43. The molecule has 0 radical (unpaired) electrons. The van der Waals surface area contributed by atoms with E-state index in [1.807, 2.05) is 30.3 Å². The van der Waals surface area contributed by atoms with Gasteiger partial charge in [-0.05, 0) is 90.4 Å². The van der Waals surface area contributed by atoms with Gasteiger partial charge < -0.3 is 8.83 Å². The Morgan fingerprint density at radius 2 is 1.11 bits per heavy atom. The van der Waals surface area contributed by atoms with Gasteiger partial charge in [0, 0.05) is 21.7 Å². The molecule has 0 unspecified atom stereocenters.